The van der Waals surface area contributed by atoms with Crippen LogP contribution in [-0.2, 0) is 0 Å². The molecule has 2 atom stereocenters. The van der Waals surface area contributed by atoms with Crippen molar-refractivity contribution in [1.29, 1.82) is 0 Å². The third-order valence-corrected chi connectivity index (χ3v) is 3.29. The number of aryl methyl sites for hydroxylation is 1. The molecule has 0 aliphatic heterocycles. The standard InChI is InChI=1S/C14H19N3O/c1-4-10(3)12(15)14-16-13(17-18-14)11-7-5-9(2)6-8-11/h5-8,10,12H,4,15H2,1-3H3. The van der Waals surface area contributed by atoms with Gasteiger partial charge in [-0.2, -0.15) is 4.98 Å². The van der Waals surface area contributed by atoms with E-state index < -0.39 is 0 Å². The highest BCUT2D eigenvalue weighted by Crippen LogP contribution is 2.23. The van der Waals surface area contributed by atoms with Gasteiger partial charge < -0.3 is 10.3 Å². The molecule has 2 N–H and O–H groups in total. The second kappa shape index (κ2) is 5.31. The van der Waals surface area contributed by atoms with Crippen LogP contribution in [0.4, 0.5) is 0 Å². The highest BCUT2D eigenvalue weighted by Gasteiger charge is 2.20. The Labute approximate surface area is 107 Å². The van der Waals surface area contributed by atoms with Crippen LogP contribution in [0.25, 0.3) is 11.4 Å². The highest BCUT2D eigenvalue weighted by molar-refractivity contribution is 5.54. The van der Waals surface area contributed by atoms with E-state index in [-0.39, 0.29) is 6.04 Å². The van der Waals surface area contributed by atoms with Crippen LogP contribution in [-0.4, -0.2) is 10.1 Å². The molecule has 96 valence electrons. The average Bonchev–Trinajstić information content (AvgIpc) is 2.87. The van der Waals surface area contributed by atoms with E-state index >= 15 is 0 Å². The monoisotopic (exact) mass is 245 g/mol. The Balaban J connectivity index is 2.22. The number of nitrogens with zero attached hydrogens (tertiary/aromatic N) is 2. The van der Waals surface area contributed by atoms with Crippen molar-refractivity contribution < 1.29 is 4.52 Å². The minimum absolute atomic E-state index is 0.193. The summed E-state index contributed by atoms with van der Waals surface area (Å²) in [6, 6.07) is 7.83. The molecule has 2 aromatic rings. The molecule has 0 spiro atoms. The van der Waals surface area contributed by atoms with E-state index in [1.54, 1.807) is 0 Å². The van der Waals surface area contributed by atoms with Gasteiger partial charge in [0.15, 0.2) is 0 Å². The van der Waals surface area contributed by atoms with Gasteiger partial charge in [-0.05, 0) is 12.8 Å². The van der Waals surface area contributed by atoms with Gasteiger partial charge in [-0.1, -0.05) is 55.3 Å². The molecular weight excluding hydrogens is 226 g/mol. The van der Waals surface area contributed by atoms with Crippen molar-refractivity contribution in [2.24, 2.45) is 11.7 Å². The quantitative estimate of drug-likeness (QED) is 0.899. The number of hydrogen-bond donors (Lipinski definition) is 1. The van der Waals surface area contributed by atoms with Crippen LogP contribution in [0.5, 0.6) is 0 Å². The summed E-state index contributed by atoms with van der Waals surface area (Å²) in [5.41, 5.74) is 8.23. The Kier molecular flexibility index (Phi) is 3.77. The molecule has 2 rings (SSSR count). The number of benzene rings is 1. The Morgan fingerprint density at radius 2 is 1.94 bits per heavy atom. The van der Waals surface area contributed by atoms with Crippen molar-refractivity contribution in [2.45, 2.75) is 33.2 Å². The number of rotatable bonds is 4. The van der Waals surface area contributed by atoms with Crippen LogP contribution in [0.1, 0.15) is 37.8 Å². The summed E-state index contributed by atoms with van der Waals surface area (Å²) in [6.45, 7) is 6.23. The SMILES string of the molecule is CCC(C)C(N)c1nc(-c2ccc(C)cc2)no1. The van der Waals surface area contributed by atoms with Crippen LogP contribution in [0.2, 0.25) is 0 Å². The lowest BCUT2D eigenvalue weighted by molar-refractivity contribution is 0.312. The van der Waals surface area contributed by atoms with Crippen molar-refractivity contribution in [1.82, 2.24) is 10.1 Å². The van der Waals surface area contributed by atoms with E-state index in [1.807, 2.05) is 31.2 Å². The van der Waals surface area contributed by atoms with Crippen molar-refractivity contribution in [2.75, 3.05) is 0 Å². The minimum atomic E-state index is -0.193. The van der Waals surface area contributed by atoms with Gasteiger partial charge >= 0.3 is 0 Å². The second-order valence-corrected chi connectivity index (χ2v) is 4.73. The third-order valence-electron chi connectivity index (χ3n) is 3.29. The molecule has 0 amide bonds. The summed E-state index contributed by atoms with van der Waals surface area (Å²) in [5, 5.41) is 3.99. The predicted octanol–water partition coefficient (Wildman–Crippen LogP) is 3.09. The second-order valence-electron chi connectivity index (χ2n) is 4.73. The third kappa shape index (κ3) is 2.59. The molecule has 1 aromatic carbocycles. The topological polar surface area (TPSA) is 64.9 Å². The van der Waals surface area contributed by atoms with Gasteiger partial charge in [0.1, 0.15) is 0 Å². The van der Waals surface area contributed by atoms with Crippen LogP contribution in [0.15, 0.2) is 28.8 Å². The lowest BCUT2D eigenvalue weighted by Gasteiger charge is -2.12. The largest absolute Gasteiger partial charge is 0.337 e. The Hall–Kier alpha value is -1.68. The minimum Gasteiger partial charge on any atom is -0.337 e. The summed E-state index contributed by atoms with van der Waals surface area (Å²) in [6.07, 6.45) is 0.989. The Bertz CT molecular complexity index is 504. The Morgan fingerprint density at radius 3 is 2.56 bits per heavy atom. The molecule has 4 heteroatoms. The zero-order valence-electron chi connectivity index (χ0n) is 11.1. The van der Waals surface area contributed by atoms with E-state index in [1.165, 1.54) is 5.56 Å². The van der Waals surface area contributed by atoms with Gasteiger partial charge in [-0.25, -0.2) is 0 Å². The smallest absolute Gasteiger partial charge is 0.244 e. The maximum Gasteiger partial charge on any atom is 0.244 e. The average molecular weight is 245 g/mol. The van der Waals surface area contributed by atoms with Crippen LogP contribution in [0, 0.1) is 12.8 Å². The molecule has 2 unspecified atom stereocenters. The van der Waals surface area contributed by atoms with Gasteiger partial charge in [0.05, 0.1) is 6.04 Å². The zero-order chi connectivity index (χ0) is 13.1. The summed E-state index contributed by atoms with van der Waals surface area (Å²) >= 11 is 0. The summed E-state index contributed by atoms with van der Waals surface area (Å²) < 4.78 is 5.25. The molecule has 0 aliphatic rings. The highest BCUT2D eigenvalue weighted by atomic mass is 16.5. The normalized spacial score (nSPS) is 14.4. The molecule has 4 nitrogen and oxygen atoms in total. The van der Waals surface area contributed by atoms with E-state index in [2.05, 4.69) is 24.0 Å². The summed E-state index contributed by atoms with van der Waals surface area (Å²) in [4.78, 5) is 4.38. The van der Waals surface area contributed by atoms with Gasteiger partial charge in [-0.15, -0.1) is 0 Å². The number of aromatic nitrogens is 2. The van der Waals surface area contributed by atoms with Crippen LogP contribution >= 0.6 is 0 Å². The molecule has 0 fully saturated rings. The Morgan fingerprint density at radius 1 is 1.28 bits per heavy atom. The van der Waals surface area contributed by atoms with Crippen molar-refractivity contribution in [3.8, 4) is 11.4 Å². The first-order chi connectivity index (χ1) is 8.61. The maximum absolute atomic E-state index is 6.07. The molecule has 0 radical (unpaired) electrons. The lowest BCUT2D eigenvalue weighted by Crippen LogP contribution is -2.18. The first-order valence-electron chi connectivity index (χ1n) is 6.28. The van der Waals surface area contributed by atoms with Gasteiger partial charge in [0.2, 0.25) is 11.7 Å². The fourth-order valence-corrected chi connectivity index (χ4v) is 1.69. The molecule has 18 heavy (non-hydrogen) atoms. The fourth-order valence-electron chi connectivity index (χ4n) is 1.69. The van der Waals surface area contributed by atoms with Crippen LogP contribution in [0.3, 0.4) is 0 Å². The maximum atomic E-state index is 6.07. The van der Waals surface area contributed by atoms with E-state index in [0.29, 0.717) is 17.6 Å². The molecule has 0 aliphatic carbocycles. The number of nitrogens with two attached hydrogens (primary N) is 1. The molecule has 0 saturated heterocycles. The van der Waals surface area contributed by atoms with Crippen molar-refractivity contribution >= 4 is 0 Å². The van der Waals surface area contributed by atoms with Crippen molar-refractivity contribution in [3.63, 3.8) is 0 Å². The summed E-state index contributed by atoms with van der Waals surface area (Å²) in [7, 11) is 0. The fraction of sp³-hybridized carbons (Fsp3) is 0.429. The zero-order valence-corrected chi connectivity index (χ0v) is 11.1. The summed E-state index contributed by atoms with van der Waals surface area (Å²) in [5.74, 6) is 1.44. The number of hydrogen-bond acceptors (Lipinski definition) is 4. The van der Waals surface area contributed by atoms with E-state index in [9.17, 15) is 0 Å². The lowest BCUT2D eigenvalue weighted by atomic mass is 10.0. The van der Waals surface area contributed by atoms with Crippen molar-refractivity contribution in [3.05, 3.63) is 35.7 Å². The van der Waals surface area contributed by atoms with Gasteiger partial charge in [0.25, 0.3) is 0 Å². The van der Waals surface area contributed by atoms with Crippen LogP contribution < -0.4 is 5.73 Å². The molecule has 0 bridgehead atoms. The molecule has 1 heterocycles. The van der Waals surface area contributed by atoms with Gasteiger partial charge in [0, 0.05) is 5.56 Å². The molecule has 0 saturated carbocycles. The molecular formula is C14H19N3O. The predicted molar refractivity (Wildman–Crippen MR) is 70.9 cm³/mol. The first-order valence-corrected chi connectivity index (χ1v) is 6.28. The van der Waals surface area contributed by atoms with E-state index in [0.717, 1.165) is 12.0 Å². The van der Waals surface area contributed by atoms with E-state index in [4.69, 9.17) is 10.3 Å². The molecule has 1 aromatic heterocycles. The first kappa shape index (κ1) is 12.8. The van der Waals surface area contributed by atoms with Gasteiger partial charge in [-0.3, -0.25) is 0 Å².